The van der Waals surface area contributed by atoms with E-state index in [0.29, 0.717) is 41.7 Å². The van der Waals surface area contributed by atoms with Crippen molar-refractivity contribution in [3.63, 3.8) is 0 Å². The molecule has 10 heteroatoms. The summed E-state index contributed by atoms with van der Waals surface area (Å²) in [5, 5.41) is 3.99. The SMILES string of the molecule is Cc1cc(-n2c(C)cc(C(=O)COC(=O)C3CCN(C(=O)c4ccc(F)cc4F)CC3)c2C)no1. The van der Waals surface area contributed by atoms with Gasteiger partial charge in [-0.1, -0.05) is 5.16 Å². The van der Waals surface area contributed by atoms with Gasteiger partial charge in [0.05, 0.1) is 11.5 Å². The van der Waals surface area contributed by atoms with Crippen molar-refractivity contribution in [2.75, 3.05) is 19.7 Å². The minimum absolute atomic E-state index is 0.212. The van der Waals surface area contributed by atoms with E-state index in [1.54, 1.807) is 30.5 Å². The van der Waals surface area contributed by atoms with Gasteiger partial charge in [-0.05, 0) is 51.8 Å². The van der Waals surface area contributed by atoms with Crippen molar-refractivity contribution in [3.05, 3.63) is 70.2 Å². The summed E-state index contributed by atoms with van der Waals surface area (Å²) in [6.45, 7) is 5.44. The lowest BCUT2D eigenvalue weighted by molar-refractivity contribution is -0.148. The smallest absolute Gasteiger partial charge is 0.309 e. The van der Waals surface area contributed by atoms with Gasteiger partial charge in [-0.2, -0.15) is 0 Å². The number of hydrogen-bond acceptors (Lipinski definition) is 6. The average molecular weight is 485 g/mol. The third-order valence-electron chi connectivity index (χ3n) is 6.20. The molecule has 1 fully saturated rings. The Bertz CT molecular complexity index is 1290. The van der Waals surface area contributed by atoms with Gasteiger partial charge >= 0.3 is 5.97 Å². The number of halogens is 2. The minimum Gasteiger partial charge on any atom is -0.457 e. The summed E-state index contributed by atoms with van der Waals surface area (Å²) in [4.78, 5) is 39.3. The predicted molar refractivity (Wildman–Crippen MR) is 120 cm³/mol. The Balaban J connectivity index is 1.32. The van der Waals surface area contributed by atoms with Gasteiger partial charge in [-0.25, -0.2) is 8.78 Å². The quantitative estimate of drug-likeness (QED) is 0.388. The average Bonchev–Trinajstić information content (AvgIpc) is 3.38. The number of carbonyl (C=O) groups excluding carboxylic acids is 3. The number of aryl methyl sites for hydroxylation is 2. The van der Waals surface area contributed by atoms with Crippen LogP contribution < -0.4 is 0 Å². The third-order valence-corrected chi connectivity index (χ3v) is 6.20. The molecule has 184 valence electrons. The van der Waals surface area contributed by atoms with Crippen LogP contribution >= 0.6 is 0 Å². The summed E-state index contributed by atoms with van der Waals surface area (Å²) in [6.07, 6.45) is 0.642. The summed E-state index contributed by atoms with van der Waals surface area (Å²) < 4.78 is 39.2. The van der Waals surface area contributed by atoms with Crippen molar-refractivity contribution < 1.29 is 32.4 Å². The second kappa shape index (κ2) is 9.81. The Kier molecular flexibility index (Phi) is 6.81. The fourth-order valence-electron chi connectivity index (χ4n) is 4.34. The lowest BCUT2D eigenvalue weighted by Gasteiger charge is -2.31. The summed E-state index contributed by atoms with van der Waals surface area (Å²) in [6, 6.07) is 6.28. The summed E-state index contributed by atoms with van der Waals surface area (Å²) in [5.74, 6) is -2.35. The van der Waals surface area contributed by atoms with Gasteiger partial charge in [0.1, 0.15) is 17.4 Å². The molecule has 1 aliphatic heterocycles. The van der Waals surface area contributed by atoms with Crippen LogP contribution in [0.1, 0.15) is 50.7 Å². The van der Waals surface area contributed by atoms with Crippen LogP contribution in [0.15, 0.2) is 34.9 Å². The third kappa shape index (κ3) is 5.01. The highest BCUT2D eigenvalue weighted by Crippen LogP contribution is 2.23. The zero-order valence-corrected chi connectivity index (χ0v) is 19.6. The Morgan fingerprint density at radius 3 is 2.40 bits per heavy atom. The Morgan fingerprint density at radius 1 is 1.06 bits per heavy atom. The number of ether oxygens (including phenoxy) is 1. The minimum atomic E-state index is -0.923. The number of hydrogen-bond donors (Lipinski definition) is 0. The van der Waals surface area contributed by atoms with Gasteiger partial charge in [-0.15, -0.1) is 0 Å². The molecule has 0 spiro atoms. The van der Waals surface area contributed by atoms with Gasteiger partial charge in [0.2, 0.25) is 5.78 Å². The topological polar surface area (TPSA) is 94.6 Å². The molecular weight excluding hydrogens is 460 g/mol. The van der Waals surface area contributed by atoms with Crippen molar-refractivity contribution in [3.8, 4) is 5.82 Å². The molecular formula is C25H25F2N3O5. The maximum atomic E-state index is 13.9. The van der Waals surface area contributed by atoms with Crippen molar-refractivity contribution in [2.24, 2.45) is 5.92 Å². The monoisotopic (exact) mass is 485 g/mol. The molecule has 1 aromatic carbocycles. The van der Waals surface area contributed by atoms with Crippen LogP contribution in [0.2, 0.25) is 0 Å². The molecule has 1 amide bonds. The highest BCUT2D eigenvalue weighted by atomic mass is 19.1. The first-order valence-corrected chi connectivity index (χ1v) is 11.2. The molecule has 35 heavy (non-hydrogen) atoms. The second-order valence-electron chi connectivity index (χ2n) is 8.64. The molecule has 0 saturated carbocycles. The molecule has 0 N–H and O–H groups in total. The molecule has 0 bridgehead atoms. The standard InChI is InChI=1S/C25H25F2N3O5/c1-14-10-20(16(3)30(14)23-11-15(2)35-28-23)22(31)13-34-25(33)17-6-8-29(9-7-17)24(32)19-5-4-18(26)12-21(19)27/h4-5,10-12,17H,6-9,13H2,1-3H3. The van der Waals surface area contributed by atoms with Gasteiger partial charge < -0.3 is 14.2 Å². The van der Waals surface area contributed by atoms with E-state index in [0.717, 1.165) is 17.8 Å². The maximum absolute atomic E-state index is 13.9. The van der Waals surface area contributed by atoms with Crippen LogP contribution in [0, 0.1) is 38.3 Å². The summed E-state index contributed by atoms with van der Waals surface area (Å²) in [5.41, 5.74) is 1.67. The number of benzene rings is 1. The number of aromatic nitrogens is 2. The number of amides is 1. The largest absolute Gasteiger partial charge is 0.457 e. The number of piperidine rings is 1. The van der Waals surface area contributed by atoms with Gasteiger partial charge in [0.25, 0.3) is 5.91 Å². The van der Waals surface area contributed by atoms with E-state index < -0.39 is 36.0 Å². The normalized spacial score (nSPS) is 14.3. The van der Waals surface area contributed by atoms with E-state index in [4.69, 9.17) is 9.26 Å². The number of rotatable bonds is 6. The first-order chi connectivity index (χ1) is 16.7. The first-order valence-electron chi connectivity index (χ1n) is 11.2. The fourth-order valence-corrected chi connectivity index (χ4v) is 4.34. The molecule has 0 radical (unpaired) electrons. The number of esters is 1. The van der Waals surface area contributed by atoms with E-state index in [9.17, 15) is 23.2 Å². The van der Waals surface area contributed by atoms with Crippen molar-refractivity contribution in [1.82, 2.24) is 14.6 Å². The summed E-state index contributed by atoms with van der Waals surface area (Å²) >= 11 is 0. The second-order valence-corrected chi connectivity index (χ2v) is 8.64. The lowest BCUT2D eigenvalue weighted by Crippen LogP contribution is -2.41. The van der Waals surface area contributed by atoms with Crippen molar-refractivity contribution in [1.29, 1.82) is 0 Å². The van der Waals surface area contributed by atoms with Crippen LogP contribution in [0.5, 0.6) is 0 Å². The van der Waals surface area contributed by atoms with Crippen LogP contribution in [0.3, 0.4) is 0 Å². The predicted octanol–water partition coefficient (Wildman–Crippen LogP) is 3.95. The molecule has 3 aromatic rings. The molecule has 0 atom stereocenters. The van der Waals surface area contributed by atoms with Crippen molar-refractivity contribution >= 4 is 17.7 Å². The van der Waals surface area contributed by atoms with Gasteiger partial charge in [0, 0.05) is 42.2 Å². The van der Waals surface area contributed by atoms with Crippen LogP contribution in [0.25, 0.3) is 5.82 Å². The highest BCUT2D eigenvalue weighted by Gasteiger charge is 2.30. The molecule has 0 unspecified atom stereocenters. The van der Waals surface area contributed by atoms with Crippen LogP contribution in [-0.2, 0) is 9.53 Å². The Labute approximate surface area is 200 Å². The molecule has 1 saturated heterocycles. The molecule has 0 aliphatic carbocycles. The number of ketones is 1. The number of likely N-dealkylation sites (tertiary alicyclic amines) is 1. The molecule has 8 nitrogen and oxygen atoms in total. The zero-order valence-electron chi connectivity index (χ0n) is 19.6. The molecule has 3 heterocycles. The molecule has 2 aromatic heterocycles. The van der Waals surface area contributed by atoms with Crippen molar-refractivity contribution in [2.45, 2.75) is 33.6 Å². The molecule has 1 aliphatic rings. The van der Waals surface area contributed by atoms with Gasteiger partial charge in [0.15, 0.2) is 12.4 Å². The van der Waals surface area contributed by atoms with Crippen LogP contribution in [-0.4, -0.2) is 52.0 Å². The zero-order chi connectivity index (χ0) is 25.3. The Morgan fingerprint density at radius 2 is 1.77 bits per heavy atom. The molecule has 4 rings (SSSR count). The van der Waals surface area contributed by atoms with E-state index in [1.165, 1.54) is 4.90 Å². The van der Waals surface area contributed by atoms with E-state index in [-0.39, 0.29) is 24.4 Å². The number of Topliss-reactive ketones (excluding diaryl/α,β-unsaturated/α-hetero) is 1. The maximum Gasteiger partial charge on any atom is 0.309 e. The first kappa shape index (κ1) is 24.3. The van der Waals surface area contributed by atoms with Gasteiger partial charge in [-0.3, -0.25) is 19.0 Å². The highest BCUT2D eigenvalue weighted by molar-refractivity contribution is 5.99. The fraction of sp³-hybridized carbons (Fsp3) is 0.360. The Hall–Kier alpha value is -3.82. The lowest BCUT2D eigenvalue weighted by atomic mass is 9.96. The number of carbonyl (C=O) groups is 3. The summed E-state index contributed by atoms with van der Waals surface area (Å²) in [7, 11) is 0. The van der Waals surface area contributed by atoms with E-state index >= 15 is 0 Å². The van der Waals surface area contributed by atoms with Crippen LogP contribution in [0.4, 0.5) is 8.78 Å². The van der Waals surface area contributed by atoms with E-state index in [2.05, 4.69) is 5.16 Å². The van der Waals surface area contributed by atoms with E-state index in [1.807, 2.05) is 6.92 Å². The number of nitrogens with zero attached hydrogens (tertiary/aromatic N) is 3.